The summed E-state index contributed by atoms with van der Waals surface area (Å²) in [6, 6.07) is -0.142. The molecule has 2 fully saturated rings. The van der Waals surface area contributed by atoms with Crippen molar-refractivity contribution < 1.29 is 14.7 Å². The van der Waals surface area contributed by atoms with Gasteiger partial charge in [0, 0.05) is 6.04 Å². The first-order valence-corrected chi connectivity index (χ1v) is 8.25. The highest BCUT2D eigenvalue weighted by Crippen LogP contribution is 2.30. The van der Waals surface area contributed by atoms with Crippen LogP contribution in [0.5, 0.6) is 0 Å². The molecule has 0 aromatic carbocycles. The number of nitrogens with one attached hydrogen (secondary N) is 2. The van der Waals surface area contributed by atoms with E-state index in [1.54, 1.807) is 0 Å². The zero-order chi connectivity index (χ0) is 15.5. The largest absolute Gasteiger partial charge is 0.480 e. The lowest BCUT2D eigenvalue weighted by atomic mass is 9.79. The van der Waals surface area contributed by atoms with E-state index in [-0.39, 0.29) is 12.1 Å². The number of amides is 2. The number of carbonyl (C=O) groups is 2. The summed E-state index contributed by atoms with van der Waals surface area (Å²) >= 11 is 0. The minimum absolute atomic E-state index is 0.172. The average molecular weight is 296 g/mol. The number of carboxylic acid groups (broad SMARTS) is 1. The first-order chi connectivity index (χ1) is 9.93. The van der Waals surface area contributed by atoms with Crippen LogP contribution in [0.15, 0.2) is 0 Å². The van der Waals surface area contributed by atoms with Crippen LogP contribution in [0, 0.1) is 11.8 Å². The Labute approximate surface area is 126 Å². The van der Waals surface area contributed by atoms with Gasteiger partial charge in [-0.05, 0) is 43.9 Å². The maximum absolute atomic E-state index is 12.2. The van der Waals surface area contributed by atoms with Gasteiger partial charge < -0.3 is 15.7 Å². The topological polar surface area (TPSA) is 78.4 Å². The fourth-order valence-electron chi connectivity index (χ4n) is 3.67. The lowest BCUT2D eigenvalue weighted by molar-refractivity contribution is -0.145. The highest BCUT2D eigenvalue weighted by Gasteiger charge is 2.41. The van der Waals surface area contributed by atoms with Crippen molar-refractivity contribution >= 4 is 12.0 Å². The van der Waals surface area contributed by atoms with Gasteiger partial charge in [0.2, 0.25) is 0 Å². The number of hydrogen-bond donors (Lipinski definition) is 3. The first kappa shape index (κ1) is 16.1. The molecule has 3 unspecified atom stereocenters. The predicted octanol–water partition coefficient (Wildman–Crippen LogP) is 2.90. The van der Waals surface area contributed by atoms with Crippen LogP contribution < -0.4 is 10.6 Å². The molecule has 0 aromatic heterocycles. The van der Waals surface area contributed by atoms with Gasteiger partial charge in [-0.1, -0.05) is 33.1 Å². The summed E-state index contributed by atoms with van der Waals surface area (Å²) < 4.78 is 0. The Morgan fingerprint density at radius 1 is 1.05 bits per heavy atom. The molecular formula is C16H28N2O3. The monoisotopic (exact) mass is 296 g/mol. The van der Waals surface area contributed by atoms with Crippen molar-refractivity contribution in [2.75, 3.05) is 0 Å². The number of carbonyl (C=O) groups excluding carboxylic acids is 1. The molecule has 2 saturated carbocycles. The molecule has 3 N–H and O–H groups in total. The maximum atomic E-state index is 12.2. The van der Waals surface area contributed by atoms with E-state index >= 15 is 0 Å². The van der Waals surface area contributed by atoms with Crippen LogP contribution in [0.2, 0.25) is 0 Å². The minimum Gasteiger partial charge on any atom is -0.480 e. The van der Waals surface area contributed by atoms with Crippen LogP contribution in [0.3, 0.4) is 0 Å². The molecule has 0 radical (unpaired) electrons. The number of rotatable bonds is 3. The van der Waals surface area contributed by atoms with Crippen LogP contribution in [0.1, 0.15) is 65.2 Å². The van der Waals surface area contributed by atoms with E-state index in [4.69, 9.17) is 0 Å². The molecule has 2 aliphatic carbocycles. The van der Waals surface area contributed by atoms with Crippen molar-refractivity contribution in [1.82, 2.24) is 10.6 Å². The zero-order valence-electron chi connectivity index (χ0n) is 13.2. The Bertz CT molecular complexity index is 391. The Morgan fingerprint density at radius 3 is 2.29 bits per heavy atom. The average Bonchev–Trinajstić information content (AvgIpc) is 2.43. The van der Waals surface area contributed by atoms with E-state index in [1.165, 1.54) is 0 Å². The molecule has 5 heteroatoms. The van der Waals surface area contributed by atoms with Crippen LogP contribution >= 0.6 is 0 Å². The van der Waals surface area contributed by atoms with E-state index in [0.29, 0.717) is 24.7 Å². The lowest BCUT2D eigenvalue weighted by Crippen LogP contribution is -2.59. The third-order valence-corrected chi connectivity index (χ3v) is 5.40. The smallest absolute Gasteiger partial charge is 0.329 e. The van der Waals surface area contributed by atoms with Gasteiger partial charge in [-0.15, -0.1) is 0 Å². The Balaban J connectivity index is 1.89. The Hall–Kier alpha value is -1.26. The van der Waals surface area contributed by atoms with Crippen molar-refractivity contribution in [2.45, 2.75) is 76.8 Å². The molecular weight excluding hydrogens is 268 g/mol. The van der Waals surface area contributed by atoms with E-state index in [2.05, 4.69) is 24.5 Å². The summed E-state index contributed by atoms with van der Waals surface area (Å²) in [5.41, 5.74) is -1.06. The molecule has 120 valence electrons. The molecule has 0 spiro atoms. The normalized spacial score (nSPS) is 32.2. The van der Waals surface area contributed by atoms with Crippen molar-refractivity contribution in [1.29, 1.82) is 0 Å². The summed E-state index contributed by atoms with van der Waals surface area (Å²) in [5.74, 6) is 0.407. The molecule has 21 heavy (non-hydrogen) atoms. The number of aliphatic carboxylic acids is 1. The summed E-state index contributed by atoms with van der Waals surface area (Å²) in [6.45, 7) is 4.47. The summed E-state index contributed by atoms with van der Waals surface area (Å²) in [6.07, 6.45) is 6.94. The first-order valence-electron chi connectivity index (χ1n) is 8.25. The van der Waals surface area contributed by atoms with Crippen molar-refractivity contribution in [3.05, 3.63) is 0 Å². The van der Waals surface area contributed by atoms with Gasteiger partial charge in [-0.2, -0.15) is 0 Å². The Kier molecular flexibility index (Phi) is 5.12. The second kappa shape index (κ2) is 6.67. The van der Waals surface area contributed by atoms with Gasteiger partial charge >= 0.3 is 12.0 Å². The summed E-state index contributed by atoms with van der Waals surface area (Å²) in [5, 5.41) is 15.2. The molecule has 0 heterocycles. The van der Waals surface area contributed by atoms with Gasteiger partial charge in [-0.3, -0.25) is 0 Å². The van der Waals surface area contributed by atoms with Gasteiger partial charge in [-0.25, -0.2) is 9.59 Å². The third kappa shape index (κ3) is 3.89. The molecule has 0 aliphatic heterocycles. The third-order valence-electron chi connectivity index (χ3n) is 5.40. The predicted molar refractivity (Wildman–Crippen MR) is 81.1 cm³/mol. The van der Waals surface area contributed by atoms with E-state index < -0.39 is 11.5 Å². The lowest BCUT2D eigenvalue weighted by Gasteiger charge is -2.36. The highest BCUT2D eigenvalue weighted by molar-refractivity contribution is 5.86. The van der Waals surface area contributed by atoms with E-state index in [9.17, 15) is 14.7 Å². The van der Waals surface area contributed by atoms with Gasteiger partial charge in [0.1, 0.15) is 5.54 Å². The fraction of sp³-hybridized carbons (Fsp3) is 0.875. The molecule has 0 bridgehead atoms. The summed E-state index contributed by atoms with van der Waals surface area (Å²) in [7, 11) is 0. The molecule has 2 rings (SSSR count). The van der Waals surface area contributed by atoms with Crippen LogP contribution in [0.4, 0.5) is 4.79 Å². The van der Waals surface area contributed by atoms with Crippen molar-refractivity contribution in [3.8, 4) is 0 Å². The summed E-state index contributed by atoms with van der Waals surface area (Å²) in [4.78, 5) is 23.7. The molecule has 2 amide bonds. The van der Waals surface area contributed by atoms with Crippen LogP contribution in [-0.2, 0) is 4.79 Å². The minimum atomic E-state index is -1.06. The highest BCUT2D eigenvalue weighted by atomic mass is 16.4. The molecule has 5 nitrogen and oxygen atoms in total. The van der Waals surface area contributed by atoms with Gasteiger partial charge in [0.15, 0.2) is 0 Å². The molecule has 2 aliphatic rings. The second-order valence-electron chi connectivity index (χ2n) is 7.01. The standard InChI is InChI=1S/C16H28N2O3/c1-11-6-7-13(10-12(11)2)17-15(21)18-16(14(19)20)8-4-3-5-9-16/h11-13H,3-10H2,1-2H3,(H,19,20)(H2,17,18,21). The fourth-order valence-corrected chi connectivity index (χ4v) is 3.67. The van der Waals surface area contributed by atoms with Gasteiger partial charge in [0.25, 0.3) is 0 Å². The molecule has 0 saturated heterocycles. The second-order valence-corrected chi connectivity index (χ2v) is 7.01. The number of urea groups is 1. The quantitative estimate of drug-likeness (QED) is 0.749. The van der Waals surface area contributed by atoms with Crippen molar-refractivity contribution in [2.24, 2.45) is 11.8 Å². The maximum Gasteiger partial charge on any atom is 0.329 e. The molecule has 3 atom stereocenters. The van der Waals surface area contributed by atoms with Gasteiger partial charge in [0.05, 0.1) is 0 Å². The zero-order valence-corrected chi connectivity index (χ0v) is 13.2. The Morgan fingerprint density at radius 2 is 1.71 bits per heavy atom. The SMILES string of the molecule is CC1CCC(NC(=O)NC2(C(=O)O)CCCCC2)CC1C. The van der Waals surface area contributed by atoms with Crippen molar-refractivity contribution in [3.63, 3.8) is 0 Å². The number of carboxylic acids is 1. The van der Waals surface area contributed by atoms with Crippen LogP contribution in [0.25, 0.3) is 0 Å². The number of hydrogen-bond acceptors (Lipinski definition) is 2. The molecule has 0 aromatic rings. The van der Waals surface area contributed by atoms with E-state index in [0.717, 1.165) is 38.5 Å². The van der Waals surface area contributed by atoms with Crippen LogP contribution in [-0.4, -0.2) is 28.7 Å². The van der Waals surface area contributed by atoms with E-state index in [1.807, 2.05) is 0 Å².